The van der Waals surface area contributed by atoms with Crippen LogP contribution in [0.5, 0.6) is 0 Å². The molecule has 0 bridgehead atoms. The van der Waals surface area contributed by atoms with Crippen LogP contribution in [0.3, 0.4) is 0 Å². The van der Waals surface area contributed by atoms with Crippen LogP contribution in [0, 0.1) is 0 Å². The Kier molecular flexibility index (Phi) is 4.99. The molecule has 0 spiro atoms. The zero-order chi connectivity index (χ0) is 21.2. The van der Waals surface area contributed by atoms with Crippen LogP contribution in [0.1, 0.15) is 12.0 Å². The highest BCUT2D eigenvalue weighted by atomic mass is 16.3. The van der Waals surface area contributed by atoms with Gasteiger partial charge >= 0.3 is 0 Å². The molecule has 31 heavy (non-hydrogen) atoms. The topological polar surface area (TPSA) is 106 Å². The largest absolute Gasteiger partial charge is 0.461 e. The Hall–Kier alpha value is -3.88. The van der Waals surface area contributed by atoms with Gasteiger partial charge in [-0.15, -0.1) is 5.10 Å². The Morgan fingerprint density at radius 3 is 2.58 bits per heavy atom. The molecule has 1 saturated heterocycles. The van der Waals surface area contributed by atoms with Crippen LogP contribution in [0.2, 0.25) is 0 Å². The van der Waals surface area contributed by atoms with Gasteiger partial charge in [0.25, 0.3) is 0 Å². The lowest BCUT2D eigenvalue weighted by atomic mass is 10.1. The summed E-state index contributed by atoms with van der Waals surface area (Å²) in [5.74, 6) is 2.22. The van der Waals surface area contributed by atoms with Crippen molar-refractivity contribution in [3.8, 4) is 11.6 Å². The Morgan fingerprint density at radius 2 is 1.84 bits per heavy atom. The van der Waals surface area contributed by atoms with E-state index >= 15 is 0 Å². The Balaban J connectivity index is 1.24. The maximum atomic E-state index is 12.6. The van der Waals surface area contributed by atoms with Crippen molar-refractivity contribution in [1.29, 1.82) is 0 Å². The fourth-order valence-electron chi connectivity index (χ4n) is 3.81. The first-order valence-electron chi connectivity index (χ1n) is 10.3. The number of piperazine rings is 1. The number of benzene rings is 1. The molecule has 4 heterocycles. The lowest BCUT2D eigenvalue weighted by molar-refractivity contribution is -0.131. The second-order valence-electron chi connectivity index (χ2n) is 7.51. The van der Waals surface area contributed by atoms with Gasteiger partial charge in [0.1, 0.15) is 5.82 Å². The van der Waals surface area contributed by atoms with Gasteiger partial charge in [0.15, 0.2) is 11.4 Å². The molecule has 5 rings (SSSR count). The summed E-state index contributed by atoms with van der Waals surface area (Å²) in [6.07, 6.45) is 2.87. The van der Waals surface area contributed by atoms with Crippen LogP contribution >= 0.6 is 0 Å². The number of nitrogens with zero attached hydrogens (tertiary/aromatic N) is 6. The van der Waals surface area contributed by atoms with Crippen LogP contribution in [0.25, 0.3) is 17.2 Å². The van der Waals surface area contributed by atoms with Crippen LogP contribution in [-0.2, 0) is 11.2 Å². The molecule has 0 aliphatic carbocycles. The number of carbonyl (C=O) groups is 1. The molecule has 0 unspecified atom stereocenters. The number of anilines is 2. The Bertz CT molecular complexity index is 1180. The molecule has 158 valence electrons. The maximum Gasteiger partial charge on any atom is 0.225 e. The summed E-state index contributed by atoms with van der Waals surface area (Å²) in [6.45, 7) is 2.70. The smallest absolute Gasteiger partial charge is 0.225 e. The van der Waals surface area contributed by atoms with Crippen molar-refractivity contribution >= 4 is 23.3 Å². The molecule has 1 fully saturated rings. The highest BCUT2D eigenvalue weighted by Crippen LogP contribution is 2.22. The molecular formula is C22H23N7O2. The van der Waals surface area contributed by atoms with E-state index in [-0.39, 0.29) is 11.9 Å². The third-order valence-corrected chi connectivity index (χ3v) is 5.50. The number of furan rings is 1. The van der Waals surface area contributed by atoms with Crippen molar-refractivity contribution in [2.45, 2.75) is 12.8 Å². The third-order valence-electron chi connectivity index (χ3n) is 5.50. The molecule has 3 aromatic heterocycles. The van der Waals surface area contributed by atoms with Crippen molar-refractivity contribution < 1.29 is 9.21 Å². The van der Waals surface area contributed by atoms with Crippen LogP contribution in [0.4, 0.5) is 11.8 Å². The summed E-state index contributed by atoms with van der Waals surface area (Å²) in [7, 11) is 0. The number of hydrogen-bond acceptors (Lipinski definition) is 7. The average molecular weight is 417 g/mol. The van der Waals surface area contributed by atoms with Crippen molar-refractivity contribution in [1.82, 2.24) is 24.5 Å². The number of nitrogens with two attached hydrogens (primary N) is 1. The molecule has 1 amide bonds. The third kappa shape index (κ3) is 3.94. The van der Waals surface area contributed by atoms with E-state index in [4.69, 9.17) is 10.2 Å². The van der Waals surface area contributed by atoms with E-state index in [9.17, 15) is 4.79 Å². The van der Waals surface area contributed by atoms with Crippen LogP contribution in [-0.4, -0.2) is 56.6 Å². The minimum atomic E-state index is 0.187. The maximum absolute atomic E-state index is 12.6. The summed E-state index contributed by atoms with van der Waals surface area (Å²) >= 11 is 0. The number of hydrogen-bond donors (Lipinski definition) is 1. The zero-order valence-electron chi connectivity index (χ0n) is 17.0. The molecule has 9 heteroatoms. The SMILES string of the molecule is Nc1nc(N2CCN(C(=O)CCc3ccccc3)CC2)cc2nc(-c3ccco3)nn12. The number of aromatic nitrogens is 4. The normalized spacial score (nSPS) is 14.3. The van der Waals surface area contributed by atoms with Gasteiger partial charge in [-0.05, 0) is 24.1 Å². The van der Waals surface area contributed by atoms with E-state index < -0.39 is 0 Å². The minimum absolute atomic E-state index is 0.187. The predicted octanol–water partition coefficient (Wildman–Crippen LogP) is 2.25. The lowest BCUT2D eigenvalue weighted by Crippen LogP contribution is -2.49. The van der Waals surface area contributed by atoms with E-state index in [0.29, 0.717) is 49.8 Å². The molecule has 1 aromatic carbocycles. The standard InChI is InChI=1S/C22H23N7O2/c23-22-25-18(15-19-24-21(26-29(19)22)17-7-4-14-31-17)27-10-12-28(13-11-27)20(30)9-8-16-5-2-1-3-6-16/h1-7,14-15H,8-13H2,(H2,23,25). The van der Waals surface area contributed by atoms with Gasteiger partial charge in [0, 0.05) is 38.7 Å². The van der Waals surface area contributed by atoms with Gasteiger partial charge in [0.2, 0.25) is 17.7 Å². The van der Waals surface area contributed by atoms with Crippen molar-refractivity contribution in [3.63, 3.8) is 0 Å². The molecular weight excluding hydrogens is 394 g/mol. The van der Waals surface area contributed by atoms with Gasteiger partial charge in [-0.1, -0.05) is 30.3 Å². The minimum Gasteiger partial charge on any atom is -0.461 e. The van der Waals surface area contributed by atoms with Gasteiger partial charge < -0.3 is 20.0 Å². The first-order valence-corrected chi connectivity index (χ1v) is 10.3. The quantitative estimate of drug-likeness (QED) is 0.531. The zero-order valence-corrected chi connectivity index (χ0v) is 17.0. The van der Waals surface area contributed by atoms with E-state index in [1.807, 2.05) is 29.2 Å². The number of fused-ring (bicyclic) bond motifs is 1. The fraction of sp³-hybridized carbons (Fsp3) is 0.273. The van der Waals surface area contributed by atoms with Gasteiger partial charge in [-0.25, -0.2) is 4.98 Å². The second kappa shape index (κ2) is 8.10. The van der Waals surface area contributed by atoms with Crippen molar-refractivity contribution in [3.05, 3.63) is 60.4 Å². The van der Waals surface area contributed by atoms with E-state index in [1.165, 1.54) is 10.1 Å². The molecule has 0 atom stereocenters. The van der Waals surface area contributed by atoms with E-state index in [2.05, 4.69) is 32.1 Å². The van der Waals surface area contributed by atoms with Crippen molar-refractivity contribution in [2.75, 3.05) is 36.8 Å². The summed E-state index contributed by atoms with van der Waals surface area (Å²) < 4.78 is 6.88. The Morgan fingerprint density at radius 1 is 1.03 bits per heavy atom. The van der Waals surface area contributed by atoms with E-state index in [1.54, 1.807) is 18.4 Å². The van der Waals surface area contributed by atoms with E-state index in [0.717, 1.165) is 12.2 Å². The van der Waals surface area contributed by atoms with Crippen LogP contribution in [0.15, 0.2) is 59.2 Å². The van der Waals surface area contributed by atoms with Crippen LogP contribution < -0.4 is 10.6 Å². The summed E-state index contributed by atoms with van der Waals surface area (Å²) in [4.78, 5) is 25.7. The number of aryl methyl sites for hydroxylation is 1. The average Bonchev–Trinajstić information content (AvgIpc) is 3.48. The first kappa shape index (κ1) is 19.1. The van der Waals surface area contributed by atoms with Gasteiger partial charge in [0.05, 0.1) is 6.26 Å². The highest BCUT2D eigenvalue weighted by Gasteiger charge is 2.23. The summed E-state index contributed by atoms with van der Waals surface area (Å²) in [5, 5.41) is 4.37. The molecule has 9 nitrogen and oxygen atoms in total. The number of nitrogen functional groups attached to an aromatic ring is 1. The Labute approximate surface area is 179 Å². The molecule has 1 aliphatic heterocycles. The first-order chi connectivity index (χ1) is 15.2. The lowest BCUT2D eigenvalue weighted by Gasteiger charge is -2.35. The summed E-state index contributed by atoms with van der Waals surface area (Å²) in [5.41, 5.74) is 7.92. The summed E-state index contributed by atoms with van der Waals surface area (Å²) in [6, 6.07) is 15.5. The van der Waals surface area contributed by atoms with Gasteiger partial charge in [-0.3, -0.25) is 4.79 Å². The highest BCUT2D eigenvalue weighted by molar-refractivity contribution is 5.76. The molecule has 1 aliphatic rings. The molecule has 2 N–H and O–H groups in total. The molecule has 0 saturated carbocycles. The fourth-order valence-corrected chi connectivity index (χ4v) is 3.81. The van der Waals surface area contributed by atoms with Crippen molar-refractivity contribution in [2.24, 2.45) is 0 Å². The molecule has 0 radical (unpaired) electrons. The predicted molar refractivity (Wildman–Crippen MR) is 116 cm³/mol. The monoisotopic (exact) mass is 417 g/mol. The van der Waals surface area contributed by atoms with Gasteiger partial charge in [-0.2, -0.15) is 9.50 Å². The number of rotatable bonds is 5. The number of carbonyl (C=O) groups excluding carboxylic acids is 1. The number of amides is 1. The molecule has 4 aromatic rings. The second-order valence-corrected chi connectivity index (χ2v) is 7.51.